The van der Waals surface area contributed by atoms with Crippen LogP contribution in [0.25, 0.3) is 0 Å². The molecule has 1 heterocycles. The first kappa shape index (κ1) is 16.9. The van der Waals surface area contributed by atoms with Crippen LogP contribution in [0.4, 0.5) is 0 Å². The number of rotatable bonds is 10. The molecule has 0 aliphatic carbocycles. The highest BCUT2D eigenvalue weighted by Gasteiger charge is 2.40. The van der Waals surface area contributed by atoms with Gasteiger partial charge in [-0.1, -0.05) is 20.8 Å². The third kappa shape index (κ3) is 5.80. The predicted octanol–water partition coefficient (Wildman–Crippen LogP) is 3.23. The van der Waals surface area contributed by atoms with E-state index >= 15 is 0 Å². The molecule has 0 aromatic heterocycles. The van der Waals surface area contributed by atoms with Gasteiger partial charge in [-0.25, -0.2) is 0 Å². The molecule has 1 saturated heterocycles. The number of hydrogen-bond acceptors (Lipinski definition) is 3. The summed E-state index contributed by atoms with van der Waals surface area (Å²) in [6.07, 6.45) is 4.98. The summed E-state index contributed by atoms with van der Waals surface area (Å²) in [5.74, 6) is 0.730. The summed E-state index contributed by atoms with van der Waals surface area (Å²) in [5.41, 5.74) is 0.285. The Labute approximate surface area is 119 Å². The van der Waals surface area contributed by atoms with Gasteiger partial charge in [0.1, 0.15) is 0 Å². The molecule has 0 amide bonds. The Morgan fingerprint density at radius 2 is 2.16 bits per heavy atom. The summed E-state index contributed by atoms with van der Waals surface area (Å²) in [7, 11) is 0. The first-order valence-electron chi connectivity index (χ1n) is 8.01. The van der Waals surface area contributed by atoms with Crippen LogP contribution in [-0.2, 0) is 9.47 Å². The highest BCUT2D eigenvalue weighted by molar-refractivity contribution is 4.91. The number of ether oxygens (including phenoxy) is 2. The van der Waals surface area contributed by atoms with Gasteiger partial charge in [0.05, 0.1) is 6.10 Å². The zero-order chi connectivity index (χ0) is 14.1. The lowest BCUT2D eigenvalue weighted by Crippen LogP contribution is -2.40. The smallest absolute Gasteiger partial charge is 0.0617 e. The van der Waals surface area contributed by atoms with Crippen LogP contribution >= 0.6 is 0 Å². The van der Waals surface area contributed by atoms with Crippen molar-refractivity contribution in [1.82, 2.24) is 5.32 Å². The van der Waals surface area contributed by atoms with E-state index in [0.29, 0.717) is 6.10 Å². The van der Waals surface area contributed by atoms with Gasteiger partial charge in [0.25, 0.3) is 0 Å². The van der Waals surface area contributed by atoms with Crippen molar-refractivity contribution in [3.63, 3.8) is 0 Å². The molecule has 0 spiro atoms. The molecule has 0 saturated carbocycles. The molecule has 1 rings (SSSR count). The fourth-order valence-corrected chi connectivity index (χ4v) is 2.68. The van der Waals surface area contributed by atoms with Crippen LogP contribution < -0.4 is 5.32 Å². The van der Waals surface area contributed by atoms with Crippen LogP contribution in [0.2, 0.25) is 0 Å². The monoisotopic (exact) mass is 271 g/mol. The Bertz CT molecular complexity index is 233. The van der Waals surface area contributed by atoms with E-state index in [1.54, 1.807) is 0 Å². The summed E-state index contributed by atoms with van der Waals surface area (Å²) in [5, 5.41) is 3.57. The Kier molecular flexibility index (Phi) is 7.96. The molecule has 2 atom stereocenters. The molecule has 2 unspecified atom stereocenters. The van der Waals surface area contributed by atoms with Crippen LogP contribution in [0, 0.1) is 11.3 Å². The molecule has 1 aliphatic rings. The maximum absolute atomic E-state index is 5.80. The van der Waals surface area contributed by atoms with Crippen molar-refractivity contribution in [2.24, 2.45) is 11.3 Å². The lowest BCUT2D eigenvalue weighted by molar-refractivity contribution is 0.0314. The van der Waals surface area contributed by atoms with Crippen molar-refractivity contribution < 1.29 is 9.47 Å². The van der Waals surface area contributed by atoms with E-state index in [-0.39, 0.29) is 5.41 Å². The minimum absolute atomic E-state index is 0.285. The van der Waals surface area contributed by atoms with E-state index in [4.69, 9.17) is 9.47 Å². The van der Waals surface area contributed by atoms with Gasteiger partial charge in [0.15, 0.2) is 0 Å². The van der Waals surface area contributed by atoms with Crippen LogP contribution in [-0.4, -0.2) is 39.0 Å². The van der Waals surface area contributed by atoms with Crippen LogP contribution in [0.15, 0.2) is 0 Å². The molecule has 114 valence electrons. The Morgan fingerprint density at radius 3 is 2.74 bits per heavy atom. The van der Waals surface area contributed by atoms with Gasteiger partial charge in [-0.15, -0.1) is 0 Å². The molecule has 0 bridgehead atoms. The van der Waals surface area contributed by atoms with E-state index in [1.807, 2.05) is 0 Å². The highest BCUT2D eigenvalue weighted by Crippen LogP contribution is 2.37. The summed E-state index contributed by atoms with van der Waals surface area (Å²) < 4.78 is 11.6. The summed E-state index contributed by atoms with van der Waals surface area (Å²) in [4.78, 5) is 0. The molecule has 0 radical (unpaired) electrons. The quantitative estimate of drug-likeness (QED) is 0.619. The number of hydrogen-bond donors (Lipinski definition) is 1. The summed E-state index contributed by atoms with van der Waals surface area (Å²) >= 11 is 0. The van der Waals surface area contributed by atoms with Gasteiger partial charge in [0.2, 0.25) is 0 Å². The van der Waals surface area contributed by atoms with Crippen LogP contribution in [0.1, 0.15) is 53.4 Å². The molecule has 0 aromatic rings. The molecule has 0 aromatic carbocycles. The highest BCUT2D eigenvalue weighted by atomic mass is 16.5. The van der Waals surface area contributed by atoms with Gasteiger partial charge < -0.3 is 14.8 Å². The lowest BCUT2D eigenvalue weighted by atomic mass is 9.78. The van der Waals surface area contributed by atoms with Crippen LogP contribution in [0.5, 0.6) is 0 Å². The standard InChI is InChI=1S/C16H33NO2/c1-5-9-17-13-16(8-12-19-15(16)4)7-11-18-10-6-14(2)3/h14-15,17H,5-13H2,1-4H3. The molecular formula is C16H33NO2. The topological polar surface area (TPSA) is 30.5 Å². The second kappa shape index (κ2) is 8.93. The van der Waals surface area contributed by atoms with Crippen molar-refractivity contribution >= 4 is 0 Å². The molecular weight excluding hydrogens is 238 g/mol. The average molecular weight is 271 g/mol. The normalized spacial score (nSPS) is 27.3. The predicted molar refractivity (Wildman–Crippen MR) is 80.5 cm³/mol. The van der Waals surface area contributed by atoms with E-state index in [2.05, 4.69) is 33.0 Å². The first-order valence-corrected chi connectivity index (χ1v) is 8.01. The van der Waals surface area contributed by atoms with Gasteiger partial charge in [-0.2, -0.15) is 0 Å². The molecule has 19 heavy (non-hydrogen) atoms. The Morgan fingerprint density at radius 1 is 1.37 bits per heavy atom. The van der Waals surface area contributed by atoms with Gasteiger partial charge in [-0.05, 0) is 45.1 Å². The summed E-state index contributed by atoms with van der Waals surface area (Å²) in [6.45, 7) is 13.7. The fraction of sp³-hybridized carbons (Fsp3) is 1.00. The third-order valence-corrected chi connectivity index (χ3v) is 4.32. The largest absolute Gasteiger partial charge is 0.381 e. The zero-order valence-corrected chi connectivity index (χ0v) is 13.3. The SMILES string of the molecule is CCCNCC1(CCOCCC(C)C)CCOC1C. The second-order valence-electron chi connectivity index (χ2n) is 6.35. The van der Waals surface area contributed by atoms with Crippen molar-refractivity contribution in [1.29, 1.82) is 0 Å². The Hall–Kier alpha value is -0.120. The molecule has 3 nitrogen and oxygen atoms in total. The molecule has 1 fully saturated rings. The second-order valence-corrected chi connectivity index (χ2v) is 6.35. The molecule has 3 heteroatoms. The van der Waals surface area contributed by atoms with Crippen molar-refractivity contribution in [2.75, 3.05) is 32.9 Å². The molecule has 1 aliphatic heterocycles. The first-order chi connectivity index (χ1) is 9.10. The van der Waals surface area contributed by atoms with Gasteiger partial charge in [-0.3, -0.25) is 0 Å². The Balaban J connectivity index is 2.29. The maximum atomic E-state index is 5.80. The minimum atomic E-state index is 0.285. The molecule has 1 N–H and O–H groups in total. The van der Waals surface area contributed by atoms with Crippen molar-refractivity contribution in [2.45, 2.75) is 59.5 Å². The average Bonchev–Trinajstić information content (AvgIpc) is 2.71. The lowest BCUT2D eigenvalue weighted by Gasteiger charge is -2.32. The zero-order valence-electron chi connectivity index (χ0n) is 13.3. The van der Waals surface area contributed by atoms with Gasteiger partial charge in [0, 0.05) is 31.8 Å². The van der Waals surface area contributed by atoms with Crippen LogP contribution in [0.3, 0.4) is 0 Å². The minimum Gasteiger partial charge on any atom is -0.381 e. The third-order valence-electron chi connectivity index (χ3n) is 4.32. The van der Waals surface area contributed by atoms with Crippen molar-refractivity contribution in [3.05, 3.63) is 0 Å². The van der Waals surface area contributed by atoms with E-state index in [1.165, 1.54) is 12.8 Å². The summed E-state index contributed by atoms with van der Waals surface area (Å²) in [6, 6.07) is 0. The van der Waals surface area contributed by atoms with E-state index in [0.717, 1.165) is 51.7 Å². The van der Waals surface area contributed by atoms with Crippen molar-refractivity contribution in [3.8, 4) is 0 Å². The fourth-order valence-electron chi connectivity index (χ4n) is 2.68. The van der Waals surface area contributed by atoms with Gasteiger partial charge >= 0.3 is 0 Å². The van der Waals surface area contributed by atoms with E-state index in [9.17, 15) is 0 Å². The number of nitrogens with one attached hydrogen (secondary N) is 1. The van der Waals surface area contributed by atoms with E-state index < -0.39 is 0 Å². The maximum Gasteiger partial charge on any atom is 0.0617 e.